The number of sulfonamides is 1. The molecule has 9 nitrogen and oxygen atoms in total. The molecule has 0 radical (unpaired) electrons. The molecule has 3 aromatic rings. The van der Waals surface area contributed by atoms with Crippen LogP contribution in [0, 0.1) is 5.82 Å². The molecule has 0 unspecified atom stereocenters. The lowest BCUT2D eigenvalue weighted by Crippen LogP contribution is -2.64. The molecule has 0 aromatic heterocycles. The number of rotatable bonds is 11. The van der Waals surface area contributed by atoms with E-state index in [9.17, 15) is 22.4 Å². The molecule has 11 heteroatoms. The predicted molar refractivity (Wildman–Crippen MR) is 146 cm³/mol. The monoisotopic (exact) mass is 569 g/mol. The third-order valence-corrected chi connectivity index (χ3v) is 8.15. The Bertz CT molecular complexity index is 1460. The van der Waals surface area contributed by atoms with Gasteiger partial charge in [-0.05, 0) is 55.7 Å². The van der Waals surface area contributed by atoms with Crippen molar-refractivity contribution in [1.29, 1.82) is 0 Å². The number of carbonyl (C=O) groups is 2. The molecule has 3 N–H and O–H groups in total. The first kappa shape index (κ1) is 29.2. The molecule has 1 heterocycles. The number of nitrogens with two attached hydrogens (primary N) is 1. The van der Waals surface area contributed by atoms with Crippen molar-refractivity contribution in [3.63, 3.8) is 0 Å². The quantitative estimate of drug-likeness (QED) is 0.340. The van der Waals surface area contributed by atoms with Crippen LogP contribution in [-0.2, 0) is 36.4 Å². The second kappa shape index (κ2) is 12.2. The highest BCUT2D eigenvalue weighted by Crippen LogP contribution is 2.40. The third kappa shape index (κ3) is 6.85. The number of hydrogen-bond donors (Lipinski definition) is 2. The average molecular weight is 570 g/mol. The van der Waals surface area contributed by atoms with Crippen LogP contribution in [0.25, 0.3) is 0 Å². The SMILES string of the molecule is CC(C)NC(=O)COC(=O)[C@@H](N)Cc1cccc(S(=O)(=O)N2CC(Oc3cccc(F)c3)(c3ccccc3)C2)c1. The van der Waals surface area contributed by atoms with E-state index in [2.05, 4.69) is 5.32 Å². The maximum Gasteiger partial charge on any atom is 0.323 e. The van der Waals surface area contributed by atoms with E-state index in [-0.39, 0.29) is 30.4 Å². The second-order valence-corrected chi connectivity index (χ2v) is 11.9. The number of benzene rings is 3. The van der Waals surface area contributed by atoms with Crippen LogP contribution in [0.1, 0.15) is 25.0 Å². The summed E-state index contributed by atoms with van der Waals surface area (Å²) in [5.41, 5.74) is 6.26. The average Bonchev–Trinajstić information content (AvgIpc) is 2.89. The molecule has 212 valence electrons. The van der Waals surface area contributed by atoms with Crippen molar-refractivity contribution < 1.29 is 31.9 Å². The molecule has 0 saturated carbocycles. The Hall–Kier alpha value is -3.80. The number of amides is 1. The molecule has 1 amide bonds. The molecule has 1 fully saturated rings. The van der Waals surface area contributed by atoms with Crippen molar-refractivity contribution in [1.82, 2.24) is 9.62 Å². The van der Waals surface area contributed by atoms with Gasteiger partial charge in [-0.25, -0.2) is 12.8 Å². The standard InChI is InChI=1S/C29H32FN3O6S/c1-20(2)32-27(34)17-38-28(35)26(31)15-21-8-6-13-25(14-21)40(36,37)33-18-29(19-33,22-9-4-3-5-10-22)39-24-12-7-11-23(30)16-24/h3-14,16,20,26H,15,17-19,31H2,1-2H3,(H,32,34)/t26-/m0/s1. The summed E-state index contributed by atoms with van der Waals surface area (Å²) in [5.74, 6) is -1.36. The van der Waals surface area contributed by atoms with E-state index in [1.165, 1.54) is 34.6 Å². The highest BCUT2D eigenvalue weighted by molar-refractivity contribution is 7.89. The van der Waals surface area contributed by atoms with Crippen LogP contribution in [0.3, 0.4) is 0 Å². The largest absolute Gasteiger partial charge is 0.480 e. The van der Waals surface area contributed by atoms with Crippen LogP contribution in [0.4, 0.5) is 4.39 Å². The van der Waals surface area contributed by atoms with Gasteiger partial charge >= 0.3 is 5.97 Å². The summed E-state index contributed by atoms with van der Waals surface area (Å²) in [6.45, 7) is 3.15. The summed E-state index contributed by atoms with van der Waals surface area (Å²) in [5, 5.41) is 2.61. The van der Waals surface area contributed by atoms with Crippen molar-refractivity contribution in [2.45, 2.75) is 42.8 Å². The van der Waals surface area contributed by atoms with Crippen LogP contribution in [0.15, 0.2) is 83.8 Å². The Morgan fingerprint density at radius 2 is 1.73 bits per heavy atom. The Labute approximate surface area is 233 Å². The van der Waals surface area contributed by atoms with Crippen LogP contribution in [-0.4, -0.2) is 56.4 Å². The molecule has 4 rings (SSSR count). The first-order valence-corrected chi connectivity index (χ1v) is 14.2. The fraction of sp³-hybridized carbons (Fsp3) is 0.310. The fourth-order valence-corrected chi connectivity index (χ4v) is 6.03. The Balaban J connectivity index is 1.45. The number of esters is 1. The smallest absolute Gasteiger partial charge is 0.323 e. The Kier molecular flexibility index (Phi) is 8.87. The fourth-order valence-electron chi connectivity index (χ4n) is 4.42. The zero-order valence-corrected chi connectivity index (χ0v) is 23.1. The topological polar surface area (TPSA) is 128 Å². The predicted octanol–water partition coefficient (Wildman–Crippen LogP) is 2.74. The molecule has 1 atom stereocenters. The van der Waals surface area contributed by atoms with Gasteiger partial charge in [0.2, 0.25) is 10.0 Å². The lowest BCUT2D eigenvalue weighted by molar-refractivity contribution is -0.149. The van der Waals surface area contributed by atoms with Crippen molar-refractivity contribution in [3.05, 3.63) is 95.8 Å². The van der Waals surface area contributed by atoms with Crippen LogP contribution >= 0.6 is 0 Å². The van der Waals surface area contributed by atoms with E-state index in [4.69, 9.17) is 15.2 Å². The summed E-state index contributed by atoms with van der Waals surface area (Å²) in [7, 11) is -3.92. The molecular weight excluding hydrogens is 537 g/mol. The zero-order valence-electron chi connectivity index (χ0n) is 22.2. The van der Waals surface area contributed by atoms with Crippen molar-refractivity contribution in [3.8, 4) is 5.75 Å². The van der Waals surface area contributed by atoms with Gasteiger partial charge in [-0.2, -0.15) is 4.31 Å². The number of hydrogen-bond acceptors (Lipinski definition) is 7. The van der Waals surface area contributed by atoms with Gasteiger partial charge in [0, 0.05) is 12.1 Å². The van der Waals surface area contributed by atoms with Gasteiger partial charge in [0.15, 0.2) is 12.2 Å². The molecule has 0 bridgehead atoms. The van der Waals surface area contributed by atoms with Gasteiger partial charge < -0.3 is 20.5 Å². The molecule has 1 aliphatic heterocycles. The van der Waals surface area contributed by atoms with E-state index in [0.29, 0.717) is 11.3 Å². The minimum absolute atomic E-state index is 0.0182. The lowest BCUT2D eigenvalue weighted by Gasteiger charge is -2.48. The minimum atomic E-state index is -3.92. The molecule has 1 saturated heterocycles. The normalized spacial score (nSPS) is 15.6. The van der Waals surface area contributed by atoms with Crippen LogP contribution in [0.2, 0.25) is 0 Å². The summed E-state index contributed by atoms with van der Waals surface area (Å²) in [6, 6.07) is 19.9. The van der Waals surface area contributed by atoms with Gasteiger partial charge in [-0.3, -0.25) is 9.59 Å². The number of ether oxygens (including phenoxy) is 2. The van der Waals surface area contributed by atoms with E-state index in [1.807, 2.05) is 30.3 Å². The molecule has 0 spiro atoms. The van der Waals surface area contributed by atoms with Gasteiger partial charge in [0.25, 0.3) is 5.91 Å². The van der Waals surface area contributed by atoms with E-state index < -0.39 is 46.0 Å². The highest BCUT2D eigenvalue weighted by atomic mass is 32.2. The molecule has 1 aliphatic rings. The maximum absolute atomic E-state index is 13.8. The Morgan fingerprint density at radius 3 is 2.40 bits per heavy atom. The Morgan fingerprint density at radius 1 is 1.02 bits per heavy atom. The number of nitrogens with zero attached hydrogens (tertiary/aromatic N) is 1. The van der Waals surface area contributed by atoms with Crippen molar-refractivity contribution in [2.75, 3.05) is 19.7 Å². The van der Waals surface area contributed by atoms with E-state index in [1.54, 1.807) is 32.0 Å². The van der Waals surface area contributed by atoms with Crippen molar-refractivity contribution in [2.24, 2.45) is 5.73 Å². The molecule has 3 aromatic carbocycles. The first-order valence-electron chi connectivity index (χ1n) is 12.8. The molecule has 40 heavy (non-hydrogen) atoms. The minimum Gasteiger partial charge on any atom is -0.480 e. The summed E-state index contributed by atoms with van der Waals surface area (Å²) in [4.78, 5) is 24.0. The summed E-state index contributed by atoms with van der Waals surface area (Å²) >= 11 is 0. The van der Waals surface area contributed by atoms with Gasteiger partial charge in [0.1, 0.15) is 17.6 Å². The van der Waals surface area contributed by atoms with Crippen molar-refractivity contribution >= 4 is 21.9 Å². The highest BCUT2D eigenvalue weighted by Gasteiger charge is 2.52. The van der Waals surface area contributed by atoms with Gasteiger partial charge in [-0.15, -0.1) is 0 Å². The molecule has 0 aliphatic carbocycles. The zero-order chi connectivity index (χ0) is 28.9. The van der Waals surface area contributed by atoms with Crippen LogP contribution in [0.5, 0.6) is 5.75 Å². The molecular formula is C29H32FN3O6S. The summed E-state index contributed by atoms with van der Waals surface area (Å²) in [6.07, 6.45) is 0.0185. The van der Waals surface area contributed by atoms with Gasteiger partial charge in [0.05, 0.1) is 18.0 Å². The lowest BCUT2D eigenvalue weighted by atomic mass is 9.87. The van der Waals surface area contributed by atoms with E-state index in [0.717, 1.165) is 5.56 Å². The summed E-state index contributed by atoms with van der Waals surface area (Å²) < 4.78 is 53.3. The first-order chi connectivity index (χ1) is 19.0. The van der Waals surface area contributed by atoms with Gasteiger partial charge in [-0.1, -0.05) is 48.5 Å². The maximum atomic E-state index is 13.8. The van der Waals surface area contributed by atoms with Crippen LogP contribution < -0.4 is 15.8 Å². The number of carbonyl (C=O) groups excluding carboxylic acids is 2. The second-order valence-electron chi connectivity index (χ2n) is 9.98. The van der Waals surface area contributed by atoms with E-state index >= 15 is 0 Å². The third-order valence-electron chi connectivity index (χ3n) is 6.36. The number of halogens is 1. The number of nitrogens with one attached hydrogen (secondary N) is 1.